The van der Waals surface area contributed by atoms with Crippen LogP contribution in [-0.4, -0.2) is 21.2 Å². The Bertz CT molecular complexity index is 951. The summed E-state index contributed by atoms with van der Waals surface area (Å²) in [4.78, 5) is 12.6. The van der Waals surface area contributed by atoms with Crippen LogP contribution in [0.25, 0.3) is 0 Å². The van der Waals surface area contributed by atoms with E-state index in [2.05, 4.69) is 17.1 Å². The molecular weight excluding hydrogens is 372 g/mol. The number of thioether (sulfide) groups is 1. The highest BCUT2D eigenvalue weighted by Gasteiger charge is 2.20. The van der Waals surface area contributed by atoms with Crippen LogP contribution in [0.5, 0.6) is 5.75 Å². The minimum Gasteiger partial charge on any atom is -0.484 e. The van der Waals surface area contributed by atoms with Gasteiger partial charge in [-0.25, -0.2) is 0 Å². The molecule has 6 heteroatoms. The number of nitrogens with zero attached hydrogens (tertiary/aromatic N) is 2. The van der Waals surface area contributed by atoms with Gasteiger partial charge >= 0.3 is 0 Å². The molecule has 146 valence electrons. The number of carbonyl (C=O) groups excluding carboxylic acids is 1. The fraction of sp³-hybridized carbons (Fsp3) is 0.318. The summed E-state index contributed by atoms with van der Waals surface area (Å²) in [5.41, 5.74) is 4.08. The van der Waals surface area contributed by atoms with Crippen molar-refractivity contribution in [3.05, 3.63) is 70.6 Å². The minimum absolute atomic E-state index is 0.0408. The van der Waals surface area contributed by atoms with E-state index in [1.807, 2.05) is 63.2 Å². The van der Waals surface area contributed by atoms with E-state index in [4.69, 9.17) is 9.15 Å². The molecule has 1 atom stereocenters. The number of aromatic nitrogens is 2. The average molecular weight is 397 g/mol. The van der Waals surface area contributed by atoms with Gasteiger partial charge in [0, 0.05) is 5.56 Å². The third-order valence-electron chi connectivity index (χ3n) is 4.44. The first-order chi connectivity index (χ1) is 13.5. The standard InChI is InChI=1S/C22H24N2O3S/c1-5-17-8-10-18(11-9-17)21(25)16(4)28-22-24-23-20(27-22)13-26-19-12-14(2)6-7-15(19)3/h6-12,16H,5,13H2,1-4H3. The maximum Gasteiger partial charge on any atom is 0.277 e. The molecular formula is C22H24N2O3S. The summed E-state index contributed by atoms with van der Waals surface area (Å²) in [6, 6.07) is 13.7. The number of ether oxygens (including phenoxy) is 1. The van der Waals surface area contributed by atoms with E-state index in [-0.39, 0.29) is 17.6 Å². The topological polar surface area (TPSA) is 65.2 Å². The second-order valence-corrected chi connectivity index (χ2v) is 7.99. The molecule has 0 amide bonds. The van der Waals surface area contributed by atoms with Crippen LogP contribution < -0.4 is 4.74 Å². The van der Waals surface area contributed by atoms with Gasteiger partial charge in [-0.2, -0.15) is 0 Å². The zero-order valence-corrected chi connectivity index (χ0v) is 17.4. The zero-order chi connectivity index (χ0) is 20.1. The van der Waals surface area contributed by atoms with Gasteiger partial charge in [0.15, 0.2) is 12.4 Å². The highest BCUT2D eigenvalue weighted by atomic mass is 32.2. The molecule has 5 nitrogen and oxygen atoms in total. The van der Waals surface area contributed by atoms with Crippen LogP contribution >= 0.6 is 11.8 Å². The summed E-state index contributed by atoms with van der Waals surface area (Å²) in [5.74, 6) is 1.22. The van der Waals surface area contributed by atoms with Crippen molar-refractivity contribution in [1.29, 1.82) is 0 Å². The first kappa shape index (κ1) is 20.1. The Balaban J connectivity index is 1.58. The van der Waals surface area contributed by atoms with Crippen molar-refractivity contribution in [3.63, 3.8) is 0 Å². The largest absolute Gasteiger partial charge is 0.484 e. The number of aryl methyl sites for hydroxylation is 3. The number of Topliss-reactive ketones (excluding diaryl/α,β-unsaturated/α-hetero) is 1. The Kier molecular flexibility index (Phi) is 6.52. The van der Waals surface area contributed by atoms with E-state index in [0.717, 1.165) is 23.3 Å². The molecule has 0 fully saturated rings. The monoisotopic (exact) mass is 396 g/mol. The van der Waals surface area contributed by atoms with Crippen molar-refractivity contribution in [2.24, 2.45) is 0 Å². The lowest BCUT2D eigenvalue weighted by atomic mass is 10.1. The molecule has 1 heterocycles. The van der Waals surface area contributed by atoms with E-state index < -0.39 is 0 Å². The number of hydrogen-bond acceptors (Lipinski definition) is 6. The normalized spacial score (nSPS) is 12.0. The molecule has 0 N–H and O–H groups in total. The van der Waals surface area contributed by atoms with Gasteiger partial charge in [0.05, 0.1) is 5.25 Å². The smallest absolute Gasteiger partial charge is 0.277 e. The van der Waals surface area contributed by atoms with E-state index in [9.17, 15) is 4.79 Å². The minimum atomic E-state index is -0.319. The molecule has 0 saturated carbocycles. The number of ketones is 1. The quantitative estimate of drug-likeness (QED) is 0.385. The van der Waals surface area contributed by atoms with Crippen molar-refractivity contribution in [2.45, 2.75) is 51.2 Å². The van der Waals surface area contributed by atoms with Gasteiger partial charge in [0.25, 0.3) is 11.1 Å². The Morgan fingerprint density at radius 1 is 1.14 bits per heavy atom. The molecule has 0 saturated heterocycles. The van der Waals surface area contributed by atoms with Crippen LogP contribution in [0, 0.1) is 13.8 Å². The molecule has 3 rings (SSSR count). The van der Waals surface area contributed by atoms with Crippen LogP contribution in [0.15, 0.2) is 52.1 Å². The van der Waals surface area contributed by atoms with Crippen molar-refractivity contribution in [2.75, 3.05) is 0 Å². The summed E-state index contributed by atoms with van der Waals surface area (Å²) < 4.78 is 11.4. The lowest BCUT2D eigenvalue weighted by Gasteiger charge is -2.08. The number of rotatable bonds is 8. The summed E-state index contributed by atoms with van der Waals surface area (Å²) in [5, 5.41) is 8.09. The highest BCUT2D eigenvalue weighted by molar-refractivity contribution is 8.00. The van der Waals surface area contributed by atoms with E-state index >= 15 is 0 Å². The summed E-state index contributed by atoms with van der Waals surface area (Å²) in [6.07, 6.45) is 0.952. The molecule has 0 aliphatic rings. The maximum absolute atomic E-state index is 12.6. The first-order valence-electron chi connectivity index (χ1n) is 9.28. The lowest BCUT2D eigenvalue weighted by molar-refractivity contribution is 0.0993. The van der Waals surface area contributed by atoms with Gasteiger partial charge in [0.1, 0.15) is 5.75 Å². The predicted molar refractivity (Wildman–Crippen MR) is 110 cm³/mol. The summed E-state index contributed by atoms with van der Waals surface area (Å²) in [7, 11) is 0. The Morgan fingerprint density at radius 2 is 1.89 bits per heavy atom. The van der Waals surface area contributed by atoms with E-state index in [0.29, 0.717) is 16.7 Å². The summed E-state index contributed by atoms with van der Waals surface area (Å²) in [6.45, 7) is 8.13. The van der Waals surface area contributed by atoms with Gasteiger partial charge in [0.2, 0.25) is 0 Å². The van der Waals surface area contributed by atoms with E-state index in [1.54, 1.807) is 0 Å². The molecule has 0 spiro atoms. The second-order valence-electron chi connectivity index (χ2n) is 6.69. The summed E-state index contributed by atoms with van der Waals surface area (Å²) >= 11 is 1.26. The average Bonchev–Trinajstić information content (AvgIpc) is 3.15. The van der Waals surface area contributed by atoms with Crippen LogP contribution in [0.4, 0.5) is 0 Å². The van der Waals surface area contributed by atoms with Gasteiger partial charge in [-0.3, -0.25) is 4.79 Å². The number of hydrogen-bond donors (Lipinski definition) is 0. The molecule has 28 heavy (non-hydrogen) atoms. The fourth-order valence-corrected chi connectivity index (χ4v) is 3.47. The Hall–Kier alpha value is -2.60. The molecule has 3 aromatic rings. The first-order valence-corrected chi connectivity index (χ1v) is 10.2. The van der Waals surface area contributed by atoms with Crippen molar-refractivity contribution < 1.29 is 13.9 Å². The third-order valence-corrected chi connectivity index (χ3v) is 5.37. The van der Waals surface area contributed by atoms with Crippen molar-refractivity contribution >= 4 is 17.5 Å². The maximum atomic E-state index is 12.6. The number of carbonyl (C=O) groups is 1. The van der Waals surface area contributed by atoms with Crippen LogP contribution in [0.3, 0.4) is 0 Å². The van der Waals surface area contributed by atoms with Crippen molar-refractivity contribution in [3.8, 4) is 5.75 Å². The van der Waals surface area contributed by atoms with Crippen LogP contribution in [-0.2, 0) is 13.0 Å². The molecule has 0 aliphatic carbocycles. The zero-order valence-electron chi connectivity index (χ0n) is 16.6. The number of benzene rings is 2. The second kappa shape index (κ2) is 9.06. The third kappa shape index (κ3) is 5.01. The fourth-order valence-electron chi connectivity index (χ4n) is 2.69. The van der Waals surface area contributed by atoms with Gasteiger partial charge in [-0.05, 0) is 49.9 Å². The molecule has 0 aliphatic heterocycles. The van der Waals surface area contributed by atoms with Crippen LogP contribution in [0.2, 0.25) is 0 Å². The lowest BCUT2D eigenvalue weighted by Crippen LogP contribution is -2.13. The highest BCUT2D eigenvalue weighted by Crippen LogP contribution is 2.26. The van der Waals surface area contributed by atoms with Gasteiger partial charge in [-0.1, -0.05) is 55.1 Å². The molecule has 0 bridgehead atoms. The predicted octanol–water partition coefficient (Wildman–Crippen LogP) is 5.19. The molecule has 1 aromatic heterocycles. The SMILES string of the molecule is CCc1ccc(C(=O)C(C)Sc2nnc(COc3cc(C)ccc3C)o2)cc1. The van der Waals surface area contributed by atoms with Crippen LogP contribution in [0.1, 0.15) is 46.8 Å². The van der Waals surface area contributed by atoms with Crippen molar-refractivity contribution in [1.82, 2.24) is 10.2 Å². The van der Waals surface area contributed by atoms with Gasteiger partial charge < -0.3 is 9.15 Å². The molecule has 0 radical (unpaired) electrons. The Morgan fingerprint density at radius 3 is 2.61 bits per heavy atom. The van der Waals surface area contributed by atoms with E-state index in [1.165, 1.54) is 17.3 Å². The molecule has 1 unspecified atom stereocenters. The molecule has 2 aromatic carbocycles. The Labute approximate surface area is 169 Å². The van der Waals surface area contributed by atoms with Gasteiger partial charge in [-0.15, -0.1) is 10.2 Å².